The number of nitro groups is 1. The average molecular weight is 347 g/mol. The van der Waals surface area contributed by atoms with Gasteiger partial charge in [0.05, 0.1) is 16.4 Å². The number of sulfonamides is 1. The third-order valence-corrected chi connectivity index (χ3v) is 4.88. The van der Waals surface area contributed by atoms with E-state index in [1.165, 1.54) is 18.2 Å². The van der Waals surface area contributed by atoms with E-state index in [0.29, 0.717) is 17.0 Å². The summed E-state index contributed by atoms with van der Waals surface area (Å²) in [6.45, 7) is -0.0577. The molecule has 10 heteroatoms. The largest absolute Gasteiger partial charge is 0.315 e. The summed E-state index contributed by atoms with van der Waals surface area (Å²) in [5.41, 5.74) is 1.01. The molecule has 0 aliphatic rings. The standard InChI is InChI=1S/C14H13N5O4S/c1-18-13(17-12-6-3-7-15-14(12)18)9-16-24(22,23)11-5-2-4-10(8-11)19(20)21/h2-8,16H,9H2,1H3. The number of hydrogen-bond acceptors (Lipinski definition) is 6. The summed E-state index contributed by atoms with van der Waals surface area (Å²) < 4.78 is 28.7. The highest BCUT2D eigenvalue weighted by Crippen LogP contribution is 2.18. The maximum atomic E-state index is 12.3. The first kappa shape index (κ1) is 16.0. The normalized spacial score (nSPS) is 11.7. The molecular formula is C14H13N5O4S. The Hall–Kier alpha value is -2.85. The minimum Gasteiger partial charge on any atom is -0.315 e. The molecule has 0 amide bonds. The molecular weight excluding hydrogens is 334 g/mol. The molecule has 2 aromatic heterocycles. The molecule has 24 heavy (non-hydrogen) atoms. The minimum atomic E-state index is -3.90. The Morgan fingerprint density at radius 1 is 1.29 bits per heavy atom. The fourth-order valence-corrected chi connectivity index (χ4v) is 3.26. The van der Waals surface area contributed by atoms with Gasteiger partial charge < -0.3 is 4.57 Å². The molecule has 0 atom stereocenters. The number of fused-ring (bicyclic) bond motifs is 1. The lowest BCUT2D eigenvalue weighted by Gasteiger charge is -2.06. The van der Waals surface area contributed by atoms with E-state index in [9.17, 15) is 18.5 Å². The highest BCUT2D eigenvalue weighted by atomic mass is 32.2. The van der Waals surface area contributed by atoms with Crippen LogP contribution in [-0.4, -0.2) is 27.9 Å². The number of rotatable bonds is 5. The predicted octanol–water partition coefficient (Wildman–Crippen LogP) is 1.35. The fraction of sp³-hybridized carbons (Fsp3) is 0.143. The van der Waals surface area contributed by atoms with Crippen molar-refractivity contribution in [1.29, 1.82) is 0 Å². The molecule has 3 aromatic rings. The van der Waals surface area contributed by atoms with Crippen LogP contribution in [0.15, 0.2) is 47.5 Å². The van der Waals surface area contributed by atoms with Crippen LogP contribution in [0.3, 0.4) is 0 Å². The van der Waals surface area contributed by atoms with Crippen LogP contribution >= 0.6 is 0 Å². The summed E-state index contributed by atoms with van der Waals surface area (Å²) in [5, 5.41) is 10.8. The Bertz CT molecular complexity index is 1030. The Morgan fingerprint density at radius 2 is 2.08 bits per heavy atom. The van der Waals surface area contributed by atoms with E-state index in [0.717, 1.165) is 6.07 Å². The molecule has 2 heterocycles. The summed E-state index contributed by atoms with van der Waals surface area (Å²) >= 11 is 0. The number of non-ortho nitro benzene ring substituents is 1. The van der Waals surface area contributed by atoms with E-state index in [2.05, 4.69) is 14.7 Å². The molecule has 3 rings (SSSR count). The van der Waals surface area contributed by atoms with Gasteiger partial charge in [-0.05, 0) is 18.2 Å². The van der Waals surface area contributed by atoms with Crippen LogP contribution in [0.25, 0.3) is 11.2 Å². The lowest BCUT2D eigenvalue weighted by Crippen LogP contribution is -2.24. The van der Waals surface area contributed by atoms with Gasteiger partial charge in [0, 0.05) is 25.4 Å². The van der Waals surface area contributed by atoms with Crippen LogP contribution in [0.5, 0.6) is 0 Å². The summed E-state index contributed by atoms with van der Waals surface area (Å²) in [4.78, 5) is 18.5. The molecule has 0 unspecified atom stereocenters. The van der Waals surface area contributed by atoms with Gasteiger partial charge >= 0.3 is 0 Å². The van der Waals surface area contributed by atoms with Crippen LogP contribution in [-0.2, 0) is 23.6 Å². The van der Waals surface area contributed by atoms with Gasteiger partial charge in [-0.25, -0.2) is 23.1 Å². The van der Waals surface area contributed by atoms with Crippen molar-refractivity contribution in [3.63, 3.8) is 0 Å². The molecule has 1 aromatic carbocycles. The van der Waals surface area contributed by atoms with Crippen LogP contribution in [0, 0.1) is 10.1 Å². The molecule has 0 aliphatic heterocycles. The first-order valence-corrected chi connectivity index (χ1v) is 8.37. The van der Waals surface area contributed by atoms with Crippen LogP contribution in [0.4, 0.5) is 5.69 Å². The van der Waals surface area contributed by atoms with Gasteiger partial charge in [0.1, 0.15) is 11.3 Å². The molecule has 0 aliphatic carbocycles. The minimum absolute atomic E-state index is 0.0577. The predicted molar refractivity (Wildman–Crippen MR) is 85.6 cm³/mol. The number of nitro benzene ring substituents is 1. The van der Waals surface area contributed by atoms with Crippen molar-refractivity contribution < 1.29 is 13.3 Å². The van der Waals surface area contributed by atoms with Crippen molar-refractivity contribution in [1.82, 2.24) is 19.3 Å². The molecule has 9 nitrogen and oxygen atoms in total. The number of imidazole rings is 1. The summed E-state index contributed by atoms with van der Waals surface area (Å²) in [7, 11) is -2.16. The van der Waals surface area contributed by atoms with Gasteiger partial charge in [-0.2, -0.15) is 0 Å². The lowest BCUT2D eigenvalue weighted by atomic mass is 10.3. The number of aromatic nitrogens is 3. The van der Waals surface area contributed by atoms with Crippen molar-refractivity contribution in [2.45, 2.75) is 11.4 Å². The highest BCUT2D eigenvalue weighted by molar-refractivity contribution is 7.89. The van der Waals surface area contributed by atoms with E-state index in [1.54, 1.807) is 29.9 Å². The molecule has 0 spiro atoms. The fourth-order valence-electron chi connectivity index (χ4n) is 2.24. The monoisotopic (exact) mass is 347 g/mol. The third kappa shape index (κ3) is 2.96. The van der Waals surface area contributed by atoms with Crippen LogP contribution in [0.2, 0.25) is 0 Å². The number of nitrogens with one attached hydrogen (secondary N) is 1. The van der Waals surface area contributed by atoms with Gasteiger partial charge in [-0.3, -0.25) is 10.1 Å². The zero-order chi connectivity index (χ0) is 17.3. The smallest absolute Gasteiger partial charge is 0.270 e. The SMILES string of the molecule is Cn1c(CNS(=O)(=O)c2cccc([N+](=O)[O-])c2)nc2cccnc21. The molecule has 124 valence electrons. The zero-order valence-corrected chi connectivity index (χ0v) is 13.4. The Kier molecular flexibility index (Phi) is 3.99. The summed E-state index contributed by atoms with van der Waals surface area (Å²) in [6, 6.07) is 8.39. The van der Waals surface area contributed by atoms with Crippen molar-refractivity contribution in [2.24, 2.45) is 7.05 Å². The van der Waals surface area contributed by atoms with Crippen molar-refractivity contribution >= 4 is 26.9 Å². The topological polar surface area (TPSA) is 120 Å². The van der Waals surface area contributed by atoms with Gasteiger partial charge in [0.15, 0.2) is 5.65 Å². The lowest BCUT2D eigenvalue weighted by molar-refractivity contribution is -0.385. The van der Waals surface area contributed by atoms with E-state index in [4.69, 9.17) is 0 Å². The van der Waals surface area contributed by atoms with E-state index in [1.807, 2.05) is 0 Å². The van der Waals surface area contributed by atoms with E-state index < -0.39 is 14.9 Å². The second-order valence-corrected chi connectivity index (χ2v) is 6.78. The maximum Gasteiger partial charge on any atom is 0.270 e. The maximum absolute atomic E-state index is 12.3. The quantitative estimate of drug-likeness (QED) is 0.549. The Balaban J connectivity index is 1.85. The first-order chi connectivity index (χ1) is 11.4. The third-order valence-electron chi connectivity index (χ3n) is 3.48. The molecule has 0 fully saturated rings. The van der Waals surface area contributed by atoms with Gasteiger partial charge in [-0.15, -0.1) is 0 Å². The Morgan fingerprint density at radius 3 is 2.79 bits per heavy atom. The van der Waals surface area contributed by atoms with Crippen molar-refractivity contribution in [2.75, 3.05) is 0 Å². The average Bonchev–Trinajstić information content (AvgIpc) is 2.90. The zero-order valence-electron chi connectivity index (χ0n) is 12.6. The second kappa shape index (κ2) is 5.98. The first-order valence-electron chi connectivity index (χ1n) is 6.89. The van der Waals surface area contributed by atoms with E-state index in [-0.39, 0.29) is 17.1 Å². The van der Waals surface area contributed by atoms with Crippen molar-refractivity contribution in [3.8, 4) is 0 Å². The molecule has 0 bridgehead atoms. The number of nitrogens with zero attached hydrogens (tertiary/aromatic N) is 4. The van der Waals surface area contributed by atoms with Crippen LogP contribution in [0.1, 0.15) is 5.82 Å². The van der Waals surface area contributed by atoms with Gasteiger partial charge in [-0.1, -0.05) is 6.07 Å². The number of hydrogen-bond donors (Lipinski definition) is 1. The van der Waals surface area contributed by atoms with Gasteiger partial charge in [0.2, 0.25) is 10.0 Å². The molecule has 0 radical (unpaired) electrons. The number of aryl methyl sites for hydroxylation is 1. The molecule has 0 saturated carbocycles. The van der Waals surface area contributed by atoms with E-state index >= 15 is 0 Å². The number of benzene rings is 1. The van der Waals surface area contributed by atoms with Crippen LogP contribution < -0.4 is 4.72 Å². The van der Waals surface area contributed by atoms with Gasteiger partial charge in [0.25, 0.3) is 5.69 Å². The summed E-state index contributed by atoms with van der Waals surface area (Å²) in [6.07, 6.45) is 1.63. The molecule has 1 N–H and O–H groups in total. The molecule has 0 saturated heterocycles. The summed E-state index contributed by atoms with van der Waals surface area (Å²) in [5.74, 6) is 0.484. The van der Waals surface area contributed by atoms with Crippen molar-refractivity contribution in [3.05, 3.63) is 58.5 Å². The highest BCUT2D eigenvalue weighted by Gasteiger charge is 2.18. The number of pyridine rings is 1. The Labute approximate surface area is 137 Å². The second-order valence-electron chi connectivity index (χ2n) is 5.01.